The third-order valence-corrected chi connectivity index (χ3v) is 2.65. The Morgan fingerprint density at radius 1 is 1.64 bits per heavy atom. The predicted octanol–water partition coefficient (Wildman–Crippen LogP) is 0.511. The second kappa shape index (κ2) is 4.52. The minimum atomic E-state index is 0.0859. The number of nitrogens with one attached hydrogen (secondary N) is 2. The van der Waals surface area contributed by atoms with Crippen LogP contribution in [0, 0.1) is 0 Å². The number of aromatic nitrogens is 1. The average molecular weight is 211 g/mol. The number of rotatable bonds is 5. The Labute approximate surface area is 86.7 Å². The molecule has 1 heterocycles. The molecular weight excluding hydrogens is 198 g/mol. The Morgan fingerprint density at radius 3 is 3.14 bits per heavy atom. The molecule has 2 rings (SSSR count). The quantitative estimate of drug-likeness (QED) is 0.746. The first-order valence-corrected chi connectivity index (χ1v) is 5.66. The van der Waals surface area contributed by atoms with Crippen LogP contribution in [-0.2, 0) is 11.3 Å². The van der Waals surface area contributed by atoms with Crippen LogP contribution in [-0.4, -0.2) is 23.5 Å². The molecule has 0 unspecified atom stereocenters. The van der Waals surface area contributed by atoms with Crippen LogP contribution < -0.4 is 10.6 Å². The van der Waals surface area contributed by atoms with Gasteiger partial charge in [0.2, 0.25) is 5.91 Å². The number of carbonyl (C=O) groups is 1. The Kier molecular flexibility index (Phi) is 3.10. The molecule has 0 spiro atoms. The summed E-state index contributed by atoms with van der Waals surface area (Å²) in [7, 11) is 0. The molecular formula is C9H13N3OS. The summed E-state index contributed by atoms with van der Waals surface area (Å²) in [5, 5.41) is 7.95. The fourth-order valence-electron chi connectivity index (χ4n) is 1.14. The van der Waals surface area contributed by atoms with E-state index in [-0.39, 0.29) is 5.91 Å². The van der Waals surface area contributed by atoms with Gasteiger partial charge in [-0.2, -0.15) is 0 Å². The predicted molar refractivity (Wildman–Crippen MR) is 55.0 cm³/mol. The van der Waals surface area contributed by atoms with Gasteiger partial charge in [-0.3, -0.25) is 4.79 Å². The molecule has 1 aliphatic rings. The van der Waals surface area contributed by atoms with Gasteiger partial charge in [0.1, 0.15) is 0 Å². The Bertz CT molecular complexity index is 295. The zero-order valence-electron chi connectivity index (χ0n) is 7.82. The van der Waals surface area contributed by atoms with E-state index in [1.807, 2.05) is 5.38 Å². The fraction of sp³-hybridized carbons (Fsp3) is 0.556. The summed E-state index contributed by atoms with van der Waals surface area (Å²) in [5.41, 5.74) is 2.79. The number of nitrogens with zero attached hydrogens (tertiary/aromatic N) is 1. The van der Waals surface area contributed by atoms with Crippen molar-refractivity contribution in [3.8, 4) is 0 Å². The zero-order chi connectivity index (χ0) is 9.80. The van der Waals surface area contributed by atoms with Crippen LogP contribution in [0.3, 0.4) is 0 Å². The topological polar surface area (TPSA) is 54.0 Å². The van der Waals surface area contributed by atoms with E-state index in [2.05, 4.69) is 15.6 Å². The van der Waals surface area contributed by atoms with Gasteiger partial charge >= 0.3 is 0 Å². The molecule has 0 radical (unpaired) electrons. The smallest absolute Gasteiger partial charge is 0.234 e. The minimum absolute atomic E-state index is 0.0859. The summed E-state index contributed by atoms with van der Waals surface area (Å²) < 4.78 is 0. The molecule has 1 fully saturated rings. The molecule has 1 aromatic rings. The molecule has 1 amide bonds. The highest BCUT2D eigenvalue weighted by Gasteiger charge is 2.22. The van der Waals surface area contributed by atoms with Crippen molar-refractivity contribution in [3.05, 3.63) is 16.6 Å². The van der Waals surface area contributed by atoms with E-state index in [0.717, 1.165) is 18.5 Å². The summed E-state index contributed by atoms with van der Waals surface area (Å²) in [4.78, 5) is 15.3. The Hall–Kier alpha value is -0.940. The van der Waals surface area contributed by atoms with Crippen LogP contribution in [0.1, 0.15) is 18.5 Å². The first kappa shape index (κ1) is 9.61. The second-order valence-electron chi connectivity index (χ2n) is 3.43. The Morgan fingerprint density at radius 2 is 2.50 bits per heavy atom. The molecule has 0 bridgehead atoms. The highest BCUT2D eigenvalue weighted by molar-refractivity contribution is 7.07. The molecule has 4 nitrogen and oxygen atoms in total. The molecule has 1 saturated carbocycles. The van der Waals surface area contributed by atoms with Crippen molar-refractivity contribution in [1.82, 2.24) is 15.6 Å². The maximum Gasteiger partial charge on any atom is 0.234 e. The van der Waals surface area contributed by atoms with Gasteiger partial charge in [0.25, 0.3) is 0 Å². The summed E-state index contributed by atoms with van der Waals surface area (Å²) in [5.74, 6) is 0.0859. The van der Waals surface area contributed by atoms with E-state index in [9.17, 15) is 4.79 Å². The lowest BCUT2D eigenvalue weighted by Crippen LogP contribution is -2.34. The van der Waals surface area contributed by atoms with Gasteiger partial charge in [-0.05, 0) is 12.8 Å². The van der Waals surface area contributed by atoms with Crippen molar-refractivity contribution in [2.24, 2.45) is 0 Å². The highest BCUT2D eigenvalue weighted by atomic mass is 32.1. The summed E-state index contributed by atoms with van der Waals surface area (Å²) >= 11 is 1.57. The summed E-state index contributed by atoms with van der Waals surface area (Å²) in [6.07, 6.45) is 2.27. The normalized spacial score (nSPS) is 15.4. The number of hydrogen-bond acceptors (Lipinski definition) is 4. The maximum absolute atomic E-state index is 11.2. The lowest BCUT2D eigenvalue weighted by atomic mass is 10.4. The van der Waals surface area contributed by atoms with Crippen LogP contribution in [0.4, 0.5) is 0 Å². The summed E-state index contributed by atoms with van der Waals surface area (Å²) in [6.45, 7) is 1.05. The van der Waals surface area contributed by atoms with E-state index >= 15 is 0 Å². The van der Waals surface area contributed by atoms with Crippen LogP contribution in [0.15, 0.2) is 10.9 Å². The average Bonchev–Trinajstić information content (AvgIpc) is 2.82. The number of thiazole rings is 1. The molecule has 76 valence electrons. The highest BCUT2D eigenvalue weighted by Crippen LogP contribution is 2.18. The van der Waals surface area contributed by atoms with Gasteiger partial charge in [0.15, 0.2) is 0 Å². The molecule has 1 aromatic heterocycles. The van der Waals surface area contributed by atoms with Crippen molar-refractivity contribution in [1.29, 1.82) is 0 Å². The van der Waals surface area contributed by atoms with E-state index in [1.54, 1.807) is 16.8 Å². The van der Waals surface area contributed by atoms with Gasteiger partial charge in [0.05, 0.1) is 17.7 Å². The van der Waals surface area contributed by atoms with Crippen LogP contribution >= 0.6 is 11.3 Å². The second-order valence-corrected chi connectivity index (χ2v) is 4.14. The first-order valence-electron chi connectivity index (χ1n) is 4.72. The number of hydrogen-bond donors (Lipinski definition) is 2. The van der Waals surface area contributed by atoms with Gasteiger partial charge in [-0.25, -0.2) is 4.98 Å². The van der Waals surface area contributed by atoms with Crippen molar-refractivity contribution in [2.75, 3.05) is 6.54 Å². The van der Waals surface area contributed by atoms with Crippen molar-refractivity contribution < 1.29 is 4.79 Å². The molecule has 0 aromatic carbocycles. The molecule has 14 heavy (non-hydrogen) atoms. The third kappa shape index (κ3) is 3.08. The van der Waals surface area contributed by atoms with Crippen LogP contribution in [0.2, 0.25) is 0 Å². The van der Waals surface area contributed by atoms with Gasteiger partial charge in [-0.1, -0.05) is 0 Å². The lowest BCUT2D eigenvalue weighted by molar-refractivity contribution is -0.120. The lowest BCUT2D eigenvalue weighted by Gasteiger charge is -2.03. The molecule has 2 N–H and O–H groups in total. The molecule has 1 aliphatic carbocycles. The fourth-order valence-corrected chi connectivity index (χ4v) is 1.69. The van der Waals surface area contributed by atoms with E-state index in [4.69, 9.17) is 0 Å². The number of amides is 1. The number of carbonyl (C=O) groups excluding carboxylic acids is 1. The van der Waals surface area contributed by atoms with Gasteiger partial charge < -0.3 is 10.6 Å². The monoisotopic (exact) mass is 211 g/mol. The third-order valence-electron chi connectivity index (χ3n) is 2.02. The molecule has 0 aliphatic heterocycles. The SMILES string of the molecule is O=C(CNCc1cscn1)NC1CC1. The largest absolute Gasteiger partial charge is 0.352 e. The molecule has 0 saturated heterocycles. The van der Waals surface area contributed by atoms with Crippen molar-refractivity contribution in [3.63, 3.8) is 0 Å². The van der Waals surface area contributed by atoms with Crippen molar-refractivity contribution >= 4 is 17.2 Å². The van der Waals surface area contributed by atoms with E-state index < -0.39 is 0 Å². The van der Waals surface area contributed by atoms with Gasteiger partial charge in [0, 0.05) is 18.0 Å². The molecule has 5 heteroatoms. The van der Waals surface area contributed by atoms with Crippen molar-refractivity contribution in [2.45, 2.75) is 25.4 Å². The first-order chi connectivity index (χ1) is 6.84. The maximum atomic E-state index is 11.2. The van der Waals surface area contributed by atoms with E-state index in [1.165, 1.54) is 0 Å². The van der Waals surface area contributed by atoms with Crippen LogP contribution in [0.5, 0.6) is 0 Å². The molecule has 0 atom stereocenters. The Balaban J connectivity index is 1.60. The summed E-state index contributed by atoms with van der Waals surface area (Å²) in [6, 6.07) is 0.448. The minimum Gasteiger partial charge on any atom is -0.352 e. The van der Waals surface area contributed by atoms with Crippen LogP contribution in [0.25, 0.3) is 0 Å². The standard InChI is InChI=1S/C9H13N3OS/c13-9(12-7-1-2-7)4-10-3-8-5-14-6-11-8/h5-7,10H,1-4H2,(H,12,13). The van der Waals surface area contributed by atoms with E-state index in [0.29, 0.717) is 19.1 Å². The van der Waals surface area contributed by atoms with Gasteiger partial charge in [-0.15, -0.1) is 11.3 Å². The zero-order valence-corrected chi connectivity index (χ0v) is 8.64.